The number of alkyl halides is 1. The molecule has 0 aromatic heterocycles. The highest BCUT2D eigenvalue weighted by Gasteiger charge is 2.16. The topological polar surface area (TPSA) is 0 Å². The standard InChI is InChI=1S/C16H16ClF/c1-3-12-7-9-13(10-8-12)15(17)14-6-4-5-11(2)16(14)18/h4-10,15H,3H2,1-2H3. The normalized spacial score (nSPS) is 12.4. The third-order valence-corrected chi connectivity index (χ3v) is 3.66. The summed E-state index contributed by atoms with van der Waals surface area (Å²) in [6.45, 7) is 3.86. The van der Waals surface area contributed by atoms with Gasteiger partial charge in [0.25, 0.3) is 0 Å². The van der Waals surface area contributed by atoms with Gasteiger partial charge < -0.3 is 0 Å². The van der Waals surface area contributed by atoms with Crippen LogP contribution in [0.4, 0.5) is 4.39 Å². The molecule has 0 heterocycles. The van der Waals surface area contributed by atoms with E-state index < -0.39 is 5.38 Å². The second-order valence-corrected chi connectivity index (χ2v) is 4.87. The van der Waals surface area contributed by atoms with Crippen molar-refractivity contribution < 1.29 is 4.39 Å². The number of hydrogen-bond acceptors (Lipinski definition) is 0. The summed E-state index contributed by atoms with van der Waals surface area (Å²) in [5, 5.41) is -0.434. The SMILES string of the molecule is CCc1ccc(C(Cl)c2cccc(C)c2F)cc1. The van der Waals surface area contributed by atoms with Gasteiger partial charge in [-0.1, -0.05) is 49.4 Å². The molecule has 0 N–H and O–H groups in total. The zero-order valence-corrected chi connectivity index (χ0v) is 11.3. The lowest BCUT2D eigenvalue weighted by Crippen LogP contribution is -1.99. The molecule has 2 aromatic rings. The van der Waals surface area contributed by atoms with Gasteiger partial charge in [-0.15, -0.1) is 11.6 Å². The lowest BCUT2D eigenvalue weighted by molar-refractivity contribution is 0.603. The molecule has 0 aliphatic rings. The zero-order chi connectivity index (χ0) is 13.1. The van der Waals surface area contributed by atoms with Gasteiger partial charge in [-0.2, -0.15) is 0 Å². The molecule has 2 rings (SSSR count). The van der Waals surface area contributed by atoms with E-state index in [4.69, 9.17) is 11.6 Å². The molecule has 18 heavy (non-hydrogen) atoms. The maximum atomic E-state index is 14.0. The van der Waals surface area contributed by atoms with Gasteiger partial charge in [-0.25, -0.2) is 4.39 Å². The van der Waals surface area contributed by atoms with Gasteiger partial charge in [-0.3, -0.25) is 0 Å². The van der Waals surface area contributed by atoms with Crippen molar-refractivity contribution in [2.75, 3.05) is 0 Å². The van der Waals surface area contributed by atoms with Gasteiger partial charge in [0, 0.05) is 5.56 Å². The van der Waals surface area contributed by atoms with Crippen LogP contribution in [-0.2, 0) is 6.42 Å². The minimum Gasteiger partial charge on any atom is -0.206 e. The molecule has 0 fully saturated rings. The molecule has 1 unspecified atom stereocenters. The Bertz CT molecular complexity index is 531. The van der Waals surface area contributed by atoms with E-state index >= 15 is 0 Å². The Hall–Kier alpha value is -1.34. The summed E-state index contributed by atoms with van der Waals surface area (Å²) in [6, 6.07) is 13.4. The molecule has 2 heteroatoms. The molecule has 1 atom stereocenters. The van der Waals surface area contributed by atoms with Crippen molar-refractivity contribution in [3.63, 3.8) is 0 Å². The lowest BCUT2D eigenvalue weighted by atomic mass is 10.0. The first-order chi connectivity index (χ1) is 8.63. The molecule has 0 aliphatic carbocycles. The Morgan fingerprint density at radius 3 is 2.39 bits per heavy atom. The maximum Gasteiger partial charge on any atom is 0.131 e. The number of benzene rings is 2. The van der Waals surface area contributed by atoms with Crippen LogP contribution in [0.2, 0.25) is 0 Å². The second-order valence-electron chi connectivity index (χ2n) is 4.44. The fourth-order valence-electron chi connectivity index (χ4n) is 1.97. The molecule has 94 valence electrons. The molecule has 0 aliphatic heterocycles. The number of halogens is 2. The molecule has 0 amide bonds. The predicted octanol–water partition coefficient (Wildman–Crippen LogP) is 5.02. The van der Waals surface area contributed by atoms with E-state index in [9.17, 15) is 4.39 Å². The smallest absolute Gasteiger partial charge is 0.131 e. The molecule has 0 saturated carbocycles. The van der Waals surface area contributed by atoms with Crippen LogP contribution in [0.5, 0.6) is 0 Å². The molecular formula is C16H16ClF. The van der Waals surface area contributed by atoms with Crippen LogP contribution in [0.15, 0.2) is 42.5 Å². The molecule has 0 spiro atoms. The van der Waals surface area contributed by atoms with Gasteiger partial charge in [0.05, 0.1) is 5.38 Å². The van der Waals surface area contributed by atoms with Crippen LogP contribution in [0.3, 0.4) is 0 Å². The van der Waals surface area contributed by atoms with Crippen LogP contribution < -0.4 is 0 Å². The van der Waals surface area contributed by atoms with E-state index in [2.05, 4.69) is 6.92 Å². The maximum absolute atomic E-state index is 14.0. The van der Waals surface area contributed by atoms with E-state index in [1.807, 2.05) is 30.3 Å². The third kappa shape index (κ3) is 2.56. The first kappa shape index (κ1) is 13.1. The number of aryl methyl sites for hydroxylation is 2. The van der Waals surface area contributed by atoms with Crippen LogP contribution in [0, 0.1) is 12.7 Å². The Labute approximate surface area is 112 Å². The Kier molecular flexibility index (Phi) is 4.03. The first-order valence-electron chi connectivity index (χ1n) is 6.11. The molecular weight excluding hydrogens is 247 g/mol. The molecule has 0 radical (unpaired) electrons. The van der Waals surface area contributed by atoms with E-state index in [-0.39, 0.29) is 5.82 Å². The van der Waals surface area contributed by atoms with Crippen molar-refractivity contribution in [1.82, 2.24) is 0 Å². The molecule has 0 bridgehead atoms. The summed E-state index contributed by atoms with van der Waals surface area (Å²) < 4.78 is 14.0. The van der Waals surface area contributed by atoms with Crippen molar-refractivity contribution in [3.8, 4) is 0 Å². The van der Waals surface area contributed by atoms with Crippen LogP contribution in [0.25, 0.3) is 0 Å². The van der Waals surface area contributed by atoms with E-state index in [1.54, 1.807) is 19.1 Å². The molecule has 0 saturated heterocycles. The monoisotopic (exact) mass is 262 g/mol. The minimum absolute atomic E-state index is 0.211. The van der Waals surface area contributed by atoms with Gasteiger partial charge in [0.1, 0.15) is 5.82 Å². The Morgan fingerprint density at radius 1 is 1.11 bits per heavy atom. The summed E-state index contributed by atoms with van der Waals surface area (Å²) in [4.78, 5) is 0. The number of hydrogen-bond donors (Lipinski definition) is 0. The summed E-state index contributed by atoms with van der Waals surface area (Å²) in [5.41, 5.74) is 3.36. The highest BCUT2D eigenvalue weighted by molar-refractivity contribution is 6.22. The van der Waals surface area contributed by atoms with Gasteiger partial charge in [0.2, 0.25) is 0 Å². The second kappa shape index (κ2) is 5.53. The first-order valence-corrected chi connectivity index (χ1v) is 6.55. The van der Waals surface area contributed by atoms with E-state index in [1.165, 1.54) is 5.56 Å². The highest BCUT2D eigenvalue weighted by Crippen LogP contribution is 2.31. The van der Waals surface area contributed by atoms with Gasteiger partial charge >= 0.3 is 0 Å². The Morgan fingerprint density at radius 2 is 1.78 bits per heavy atom. The minimum atomic E-state index is -0.434. The summed E-state index contributed by atoms with van der Waals surface area (Å²) in [7, 11) is 0. The third-order valence-electron chi connectivity index (χ3n) is 3.18. The van der Waals surface area contributed by atoms with E-state index in [0.717, 1.165) is 12.0 Å². The van der Waals surface area contributed by atoms with Crippen LogP contribution >= 0.6 is 11.6 Å². The highest BCUT2D eigenvalue weighted by atomic mass is 35.5. The molecule has 0 nitrogen and oxygen atoms in total. The van der Waals surface area contributed by atoms with Crippen molar-refractivity contribution in [1.29, 1.82) is 0 Å². The fraction of sp³-hybridized carbons (Fsp3) is 0.250. The summed E-state index contributed by atoms with van der Waals surface area (Å²) >= 11 is 6.36. The van der Waals surface area contributed by atoms with Crippen molar-refractivity contribution in [2.45, 2.75) is 25.6 Å². The zero-order valence-electron chi connectivity index (χ0n) is 10.6. The average Bonchev–Trinajstić information content (AvgIpc) is 2.41. The summed E-state index contributed by atoms with van der Waals surface area (Å²) in [6.07, 6.45) is 0.992. The van der Waals surface area contributed by atoms with Gasteiger partial charge in [-0.05, 0) is 30.0 Å². The molecule has 2 aromatic carbocycles. The average molecular weight is 263 g/mol. The van der Waals surface area contributed by atoms with E-state index in [0.29, 0.717) is 11.1 Å². The lowest BCUT2D eigenvalue weighted by Gasteiger charge is -2.13. The van der Waals surface area contributed by atoms with Crippen molar-refractivity contribution >= 4 is 11.6 Å². The van der Waals surface area contributed by atoms with Crippen molar-refractivity contribution in [3.05, 3.63) is 70.5 Å². The van der Waals surface area contributed by atoms with Crippen LogP contribution in [-0.4, -0.2) is 0 Å². The van der Waals surface area contributed by atoms with Crippen LogP contribution in [0.1, 0.15) is 34.6 Å². The Balaban J connectivity index is 2.35. The number of rotatable bonds is 3. The quantitative estimate of drug-likeness (QED) is 0.681. The van der Waals surface area contributed by atoms with Crippen molar-refractivity contribution in [2.24, 2.45) is 0 Å². The largest absolute Gasteiger partial charge is 0.206 e. The summed E-state index contributed by atoms with van der Waals surface area (Å²) in [5.74, 6) is -0.211. The predicted molar refractivity (Wildman–Crippen MR) is 74.7 cm³/mol. The fourth-order valence-corrected chi connectivity index (χ4v) is 2.28. The van der Waals surface area contributed by atoms with Gasteiger partial charge in [0.15, 0.2) is 0 Å².